The molecule has 0 aliphatic heterocycles. The van der Waals surface area contributed by atoms with Crippen molar-refractivity contribution >= 4 is 16.0 Å². The summed E-state index contributed by atoms with van der Waals surface area (Å²) in [5, 5.41) is 1.69. The highest BCUT2D eigenvalue weighted by atomic mass is 32.2. The SMILES string of the molecule is C=C(C)C(=O)NCC(C[NH+](C)C)C(C)S(=O)(=O)O.[OH-]. The lowest BCUT2D eigenvalue weighted by molar-refractivity contribution is -0.861. The van der Waals surface area contributed by atoms with Gasteiger partial charge in [0, 0.05) is 18.0 Å². The van der Waals surface area contributed by atoms with Gasteiger partial charge in [0.15, 0.2) is 0 Å². The van der Waals surface area contributed by atoms with E-state index in [-0.39, 0.29) is 23.8 Å². The van der Waals surface area contributed by atoms with Gasteiger partial charge in [0.2, 0.25) is 5.91 Å². The Kier molecular flexibility index (Phi) is 8.85. The Bertz CT molecular complexity index is 405. The van der Waals surface area contributed by atoms with Crippen LogP contribution in [-0.2, 0) is 14.9 Å². The van der Waals surface area contributed by atoms with Gasteiger partial charge >= 0.3 is 0 Å². The van der Waals surface area contributed by atoms with Gasteiger partial charge in [-0.2, -0.15) is 8.42 Å². The van der Waals surface area contributed by atoms with E-state index < -0.39 is 15.4 Å². The molecule has 2 unspecified atom stereocenters. The maximum absolute atomic E-state index is 11.4. The summed E-state index contributed by atoms with van der Waals surface area (Å²) in [7, 11) is -0.344. The molecular formula is C11H24N2O5S. The zero-order chi connectivity index (χ0) is 14.5. The van der Waals surface area contributed by atoms with E-state index in [4.69, 9.17) is 4.55 Å². The molecule has 0 saturated carbocycles. The standard InChI is InChI=1S/C11H22N2O4S.H2O/c1-8(2)11(14)12-6-10(7-13(4)5)9(3)18(15,16)17;/h9-10H,1,6-7H2,2-5H3,(H,12,14)(H,15,16,17);1H2. The van der Waals surface area contributed by atoms with Crippen LogP contribution in [0.1, 0.15) is 13.8 Å². The van der Waals surface area contributed by atoms with E-state index >= 15 is 0 Å². The van der Waals surface area contributed by atoms with Crippen molar-refractivity contribution in [3.8, 4) is 0 Å². The van der Waals surface area contributed by atoms with Crippen LogP contribution < -0.4 is 10.2 Å². The minimum atomic E-state index is -4.10. The van der Waals surface area contributed by atoms with Gasteiger partial charge in [0.1, 0.15) is 0 Å². The maximum Gasteiger partial charge on any atom is 0.268 e. The smallest absolute Gasteiger partial charge is 0.268 e. The fourth-order valence-electron chi connectivity index (χ4n) is 1.55. The van der Waals surface area contributed by atoms with E-state index in [2.05, 4.69) is 11.9 Å². The highest BCUT2D eigenvalue weighted by molar-refractivity contribution is 7.86. The Balaban J connectivity index is 0. The predicted molar refractivity (Wildman–Crippen MR) is 71.9 cm³/mol. The number of hydrogen-bond acceptors (Lipinski definition) is 4. The number of amides is 1. The van der Waals surface area contributed by atoms with Crippen molar-refractivity contribution in [3.63, 3.8) is 0 Å². The third kappa shape index (κ3) is 7.93. The van der Waals surface area contributed by atoms with E-state index in [1.807, 2.05) is 14.1 Å². The zero-order valence-electron chi connectivity index (χ0n) is 11.8. The molecule has 0 fully saturated rings. The Morgan fingerprint density at radius 2 is 1.89 bits per heavy atom. The topological polar surface area (TPSA) is 118 Å². The van der Waals surface area contributed by atoms with Gasteiger partial charge in [-0.1, -0.05) is 6.58 Å². The number of carbonyl (C=O) groups is 1. The van der Waals surface area contributed by atoms with Crippen LogP contribution in [0, 0.1) is 5.92 Å². The van der Waals surface area contributed by atoms with Gasteiger partial charge in [-0.05, 0) is 13.8 Å². The molecule has 19 heavy (non-hydrogen) atoms. The molecule has 0 bridgehead atoms. The number of carbonyl (C=O) groups excluding carboxylic acids is 1. The maximum atomic E-state index is 11.4. The van der Waals surface area contributed by atoms with Crippen molar-refractivity contribution in [2.75, 3.05) is 27.2 Å². The third-order valence-corrected chi connectivity index (χ3v) is 4.04. The molecule has 8 heteroatoms. The Morgan fingerprint density at radius 1 is 1.42 bits per heavy atom. The fraction of sp³-hybridized carbons (Fsp3) is 0.727. The predicted octanol–water partition coefficient (Wildman–Crippen LogP) is -1.46. The van der Waals surface area contributed by atoms with Crippen LogP contribution >= 0.6 is 0 Å². The van der Waals surface area contributed by atoms with Crippen molar-refractivity contribution in [1.29, 1.82) is 0 Å². The molecule has 0 aromatic carbocycles. The lowest BCUT2D eigenvalue weighted by Crippen LogP contribution is -3.06. The summed E-state index contributed by atoms with van der Waals surface area (Å²) in [5.41, 5.74) is 0.366. The molecule has 0 spiro atoms. The quantitative estimate of drug-likeness (QED) is 0.392. The molecule has 0 heterocycles. The van der Waals surface area contributed by atoms with E-state index in [1.165, 1.54) is 6.92 Å². The van der Waals surface area contributed by atoms with E-state index in [0.29, 0.717) is 12.1 Å². The first-order chi connectivity index (χ1) is 8.05. The summed E-state index contributed by atoms with van der Waals surface area (Å²) in [6, 6.07) is 0. The van der Waals surface area contributed by atoms with Gasteiger partial charge in [-0.25, -0.2) is 0 Å². The number of hydrogen-bond donors (Lipinski definition) is 3. The van der Waals surface area contributed by atoms with Crippen molar-refractivity contribution in [2.24, 2.45) is 5.92 Å². The van der Waals surface area contributed by atoms with Crippen molar-refractivity contribution in [3.05, 3.63) is 12.2 Å². The highest BCUT2D eigenvalue weighted by Gasteiger charge is 2.30. The normalized spacial score (nSPS) is 14.4. The van der Waals surface area contributed by atoms with Crippen LogP contribution in [0.25, 0.3) is 0 Å². The van der Waals surface area contributed by atoms with Gasteiger partial charge in [-0.3, -0.25) is 9.35 Å². The highest BCUT2D eigenvalue weighted by Crippen LogP contribution is 2.09. The number of rotatable bonds is 7. The first kappa shape index (κ1) is 20.4. The Labute approximate surface area is 114 Å². The second-order valence-corrected chi connectivity index (χ2v) is 6.66. The minimum Gasteiger partial charge on any atom is -0.870 e. The van der Waals surface area contributed by atoms with Crippen molar-refractivity contribution in [1.82, 2.24) is 5.32 Å². The van der Waals surface area contributed by atoms with E-state index in [1.54, 1.807) is 6.92 Å². The first-order valence-electron chi connectivity index (χ1n) is 5.74. The summed E-state index contributed by atoms with van der Waals surface area (Å²) in [6.07, 6.45) is 0. The van der Waals surface area contributed by atoms with Gasteiger partial charge in [-0.15, -0.1) is 0 Å². The molecule has 0 aromatic heterocycles. The molecule has 1 amide bonds. The third-order valence-electron chi connectivity index (χ3n) is 2.72. The van der Waals surface area contributed by atoms with Crippen LogP contribution in [0.15, 0.2) is 12.2 Å². The number of quaternary nitrogens is 1. The van der Waals surface area contributed by atoms with Crippen molar-refractivity contribution in [2.45, 2.75) is 19.1 Å². The lowest BCUT2D eigenvalue weighted by atomic mass is 10.1. The van der Waals surface area contributed by atoms with Gasteiger partial charge in [0.05, 0.1) is 25.9 Å². The summed E-state index contributed by atoms with van der Waals surface area (Å²) >= 11 is 0. The van der Waals surface area contributed by atoms with Gasteiger partial charge < -0.3 is 15.7 Å². The van der Waals surface area contributed by atoms with Crippen molar-refractivity contribution < 1.29 is 28.1 Å². The van der Waals surface area contributed by atoms with E-state index in [9.17, 15) is 13.2 Å². The van der Waals surface area contributed by atoms with Gasteiger partial charge in [0.25, 0.3) is 10.1 Å². The van der Waals surface area contributed by atoms with Crippen LogP contribution in [0.3, 0.4) is 0 Å². The summed E-state index contributed by atoms with van der Waals surface area (Å²) in [4.78, 5) is 12.4. The molecule has 114 valence electrons. The van der Waals surface area contributed by atoms with Crippen LogP contribution in [0.2, 0.25) is 0 Å². The number of nitrogens with one attached hydrogen (secondary N) is 2. The molecule has 0 saturated heterocycles. The minimum absolute atomic E-state index is 0. The molecule has 0 rings (SSSR count). The molecule has 0 radical (unpaired) electrons. The van der Waals surface area contributed by atoms with E-state index in [0.717, 1.165) is 4.90 Å². The zero-order valence-corrected chi connectivity index (χ0v) is 12.6. The largest absolute Gasteiger partial charge is 0.870 e. The molecule has 7 nitrogen and oxygen atoms in total. The summed E-state index contributed by atoms with van der Waals surface area (Å²) in [6.45, 7) is 7.24. The monoisotopic (exact) mass is 296 g/mol. The molecule has 2 atom stereocenters. The molecular weight excluding hydrogens is 272 g/mol. The fourth-order valence-corrected chi connectivity index (χ4v) is 2.23. The summed E-state index contributed by atoms with van der Waals surface area (Å²) < 4.78 is 31.4. The van der Waals surface area contributed by atoms with Crippen LogP contribution in [0.5, 0.6) is 0 Å². The molecule has 0 aliphatic carbocycles. The molecule has 0 aromatic rings. The lowest BCUT2D eigenvalue weighted by Gasteiger charge is -2.23. The van der Waals surface area contributed by atoms with Crippen LogP contribution in [0.4, 0.5) is 0 Å². The average Bonchev–Trinajstić information content (AvgIpc) is 2.20. The first-order valence-corrected chi connectivity index (χ1v) is 7.25. The molecule has 4 N–H and O–H groups in total. The Hall–Kier alpha value is -0.960. The van der Waals surface area contributed by atoms with Crippen LogP contribution in [-0.4, -0.2) is 56.8 Å². The molecule has 0 aliphatic rings. The Morgan fingerprint density at radius 3 is 2.21 bits per heavy atom. The second-order valence-electron chi connectivity index (χ2n) is 4.88. The average molecular weight is 296 g/mol. The summed E-state index contributed by atoms with van der Waals surface area (Å²) in [5.74, 6) is -0.662. The second kappa shape index (κ2) is 8.26.